The van der Waals surface area contributed by atoms with Crippen LogP contribution in [0.15, 0.2) is 24.4 Å². The Kier molecular flexibility index (Phi) is 2.23. The molecule has 5 nitrogen and oxygen atoms in total. The fourth-order valence-electron chi connectivity index (χ4n) is 0.715. The second kappa shape index (κ2) is 3.34. The number of anilines is 1. The summed E-state index contributed by atoms with van der Waals surface area (Å²) in [5.41, 5.74) is 5.13. The number of nitrogens with one attached hydrogen (secondary N) is 1. The Morgan fingerprint density at radius 1 is 1.67 bits per heavy atom. The van der Waals surface area contributed by atoms with Crippen LogP contribution in [0.1, 0.15) is 0 Å². The molecule has 0 atom stereocenters. The van der Waals surface area contributed by atoms with Crippen LogP contribution >= 0.6 is 0 Å². The Morgan fingerprint density at radius 2 is 2.42 bits per heavy atom. The molecule has 12 heavy (non-hydrogen) atoms. The van der Waals surface area contributed by atoms with E-state index in [-0.39, 0.29) is 5.96 Å². The highest BCUT2D eigenvalue weighted by atomic mass is 15.3. The third-order valence-corrected chi connectivity index (χ3v) is 1.22. The summed E-state index contributed by atoms with van der Waals surface area (Å²) < 4.78 is 0. The van der Waals surface area contributed by atoms with Crippen molar-refractivity contribution in [2.45, 2.75) is 0 Å². The molecule has 0 aliphatic rings. The number of nitrogens with zero attached hydrogens (tertiary/aromatic N) is 3. The fraction of sp³-hybridized carbons (Fsp3) is 0. The lowest BCUT2D eigenvalue weighted by atomic mass is 10.4. The predicted octanol–water partition coefficient (Wildman–Crippen LogP) is 0.263. The van der Waals surface area contributed by atoms with Gasteiger partial charge in [0.05, 0.1) is 0 Å². The molecule has 0 saturated carbocycles. The summed E-state index contributed by atoms with van der Waals surface area (Å²) in [5.74, 6) is 0.0173. The van der Waals surface area contributed by atoms with Gasteiger partial charge in [0.25, 0.3) is 0 Å². The zero-order valence-corrected chi connectivity index (χ0v) is 6.23. The molecule has 3 N–H and O–H groups in total. The van der Waals surface area contributed by atoms with E-state index in [0.717, 1.165) is 4.90 Å². The lowest BCUT2D eigenvalue weighted by Gasteiger charge is -2.10. The molecule has 0 spiro atoms. The zero-order valence-electron chi connectivity index (χ0n) is 6.23. The molecule has 0 saturated heterocycles. The lowest BCUT2D eigenvalue weighted by molar-refractivity contribution is 1.17. The van der Waals surface area contributed by atoms with Gasteiger partial charge in [-0.25, -0.2) is 4.98 Å². The number of aromatic nitrogens is 1. The van der Waals surface area contributed by atoms with Crippen molar-refractivity contribution in [2.75, 3.05) is 4.90 Å². The van der Waals surface area contributed by atoms with Gasteiger partial charge in [-0.2, -0.15) is 10.2 Å². The van der Waals surface area contributed by atoms with E-state index in [1.807, 2.05) is 0 Å². The van der Waals surface area contributed by atoms with Crippen LogP contribution in [0.5, 0.6) is 0 Å². The lowest BCUT2D eigenvalue weighted by Crippen LogP contribution is -2.32. The second-order valence-electron chi connectivity index (χ2n) is 2.01. The number of pyridine rings is 1. The molecule has 1 aromatic rings. The number of hydrogen-bond donors (Lipinski definition) is 2. The van der Waals surface area contributed by atoms with Crippen LogP contribution in [0.3, 0.4) is 0 Å². The van der Waals surface area contributed by atoms with Gasteiger partial charge in [-0.3, -0.25) is 5.41 Å². The van der Waals surface area contributed by atoms with Crippen LogP contribution < -0.4 is 10.6 Å². The molecular formula is C7H7N5. The average Bonchev–Trinajstić information content (AvgIpc) is 2.07. The minimum atomic E-state index is -0.337. The van der Waals surface area contributed by atoms with Gasteiger partial charge in [0, 0.05) is 6.20 Å². The Morgan fingerprint density at radius 3 is 2.83 bits per heavy atom. The van der Waals surface area contributed by atoms with E-state index >= 15 is 0 Å². The minimum absolute atomic E-state index is 0.337. The van der Waals surface area contributed by atoms with Crippen molar-refractivity contribution in [2.24, 2.45) is 5.73 Å². The van der Waals surface area contributed by atoms with Gasteiger partial charge in [-0.1, -0.05) is 6.07 Å². The monoisotopic (exact) mass is 161 g/mol. The first kappa shape index (κ1) is 8.01. The molecule has 1 aromatic heterocycles. The molecule has 0 aromatic carbocycles. The van der Waals surface area contributed by atoms with Crippen LogP contribution in [0.2, 0.25) is 0 Å². The van der Waals surface area contributed by atoms with Crippen LogP contribution in [0.4, 0.5) is 5.82 Å². The minimum Gasteiger partial charge on any atom is -0.369 e. The van der Waals surface area contributed by atoms with Crippen LogP contribution in [-0.4, -0.2) is 10.9 Å². The van der Waals surface area contributed by atoms with E-state index in [9.17, 15) is 0 Å². The van der Waals surface area contributed by atoms with E-state index in [1.54, 1.807) is 24.4 Å². The van der Waals surface area contributed by atoms with Crippen molar-refractivity contribution >= 4 is 11.8 Å². The van der Waals surface area contributed by atoms with Crippen molar-refractivity contribution in [3.8, 4) is 6.19 Å². The van der Waals surface area contributed by atoms with E-state index in [1.165, 1.54) is 6.20 Å². The molecule has 1 heterocycles. The van der Waals surface area contributed by atoms with Gasteiger partial charge >= 0.3 is 0 Å². The number of nitriles is 1. The highest BCUT2D eigenvalue weighted by Crippen LogP contribution is 2.05. The predicted molar refractivity (Wildman–Crippen MR) is 44.2 cm³/mol. The molecule has 5 heteroatoms. The summed E-state index contributed by atoms with van der Waals surface area (Å²) in [5, 5.41) is 15.6. The Labute approximate surface area is 69.6 Å². The maximum absolute atomic E-state index is 8.56. The summed E-state index contributed by atoms with van der Waals surface area (Å²) in [7, 11) is 0. The summed E-state index contributed by atoms with van der Waals surface area (Å²) in [6.45, 7) is 0. The Hall–Kier alpha value is -2.09. The first-order valence-corrected chi connectivity index (χ1v) is 3.20. The number of hydrogen-bond acceptors (Lipinski definition) is 3. The molecule has 0 amide bonds. The quantitative estimate of drug-likeness (QED) is 0.267. The summed E-state index contributed by atoms with van der Waals surface area (Å²) >= 11 is 0. The standard InChI is InChI=1S/C7H7N5/c8-5-12(7(9)10)6-3-1-2-4-11-6/h1-4H,(H3,9,10). The number of nitrogens with two attached hydrogens (primary N) is 1. The smallest absolute Gasteiger partial charge is 0.208 e. The molecule has 0 unspecified atom stereocenters. The van der Waals surface area contributed by atoms with Gasteiger partial charge in [-0.15, -0.1) is 0 Å². The van der Waals surface area contributed by atoms with E-state index in [2.05, 4.69) is 4.98 Å². The Bertz CT molecular complexity index is 312. The second-order valence-corrected chi connectivity index (χ2v) is 2.01. The fourth-order valence-corrected chi connectivity index (χ4v) is 0.715. The first-order valence-electron chi connectivity index (χ1n) is 3.20. The number of guanidine groups is 1. The van der Waals surface area contributed by atoms with Gasteiger partial charge in [0.2, 0.25) is 5.96 Å². The normalized spacial score (nSPS) is 8.58. The van der Waals surface area contributed by atoms with Gasteiger partial charge in [0.1, 0.15) is 5.82 Å². The molecular weight excluding hydrogens is 154 g/mol. The maximum Gasteiger partial charge on any atom is 0.208 e. The van der Waals surface area contributed by atoms with Crippen molar-refractivity contribution < 1.29 is 0 Å². The van der Waals surface area contributed by atoms with Crippen molar-refractivity contribution in [3.63, 3.8) is 0 Å². The topological polar surface area (TPSA) is 89.8 Å². The van der Waals surface area contributed by atoms with E-state index in [4.69, 9.17) is 16.4 Å². The van der Waals surface area contributed by atoms with Crippen molar-refractivity contribution in [1.82, 2.24) is 4.98 Å². The van der Waals surface area contributed by atoms with Crippen LogP contribution in [0, 0.1) is 16.9 Å². The van der Waals surface area contributed by atoms with Crippen LogP contribution in [0.25, 0.3) is 0 Å². The highest BCUT2D eigenvalue weighted by molar-refractivity contribution is 5.93. The Balaban J connectivity index is 2.98. The molecule has 1 rings (SSSR count). The SMILES string of the molecule is N#CN(C(=N)N)c1ccccn1. The molecule has 60 valence electrons. The first-order chi connectivity index (χ1) is 5.75. The molecule has 0 radical (unpaired) electrons. The van der Waals surface area contributed by atoms with E-state index < -0.39 is 0 Å². The van der Waals surface area contributed by atoms with Crippen molar-refractivity contribution in [3.05, 3.63) is 24.4 Å². The average molecular weight is 161 g/mol. The molecule has 0 fully saturated rings. The van der Waals surface area contributed by atoms with Crippen LogP contribution in [-0.2, 0) is 0 Å². The summed E-state index contributed by atoms with van der Waals surface area (Å²) in [6.07, 6.45) is 3.27. The molecule has 0 bridgehead atoms. The number of rotatable bonds is 1. The van der Waals surface area contributed by atoms with Gasteiger partial charge < -0.3 is 5.73 Å². The summed E-state index contributed by atoms with van der Waals surface area (Å²) in [6, 6.07) is 5.04. The highest BCUT2D eigenvalue weighted by Gasteiger charge is 2.07. The largest absolute Gasteiger partial charge is 0.369 e. The third-order valence-electron chi connectivity index (χ3n) is 1.22. The molecule has 0 aliphatic carbocycles. The maximum atomic E-state index is 8.56. The van der Waals surface area contributed by atoms with E-state index in [0.29, 0.717) is 5.82 Å². The van der Waals surface area contributed by atoms with Gasteiger partial charge in [0.15, 0.2) is 6.19 Å². The zero-order chi connectivity index (χ0) is 8.97. The summed E-state index contributed by atoms with van der Waals surface area (Å²) in [4.78, 5) is 4.78. The molecule has 0 aliphatic heterocycles. The van der Waals surface area contributed by atoms with Crippen molar-refractivity contribution in [1.29, 1.82) is 10.7 Å². The third kappa shape index (κ3) is 1.49. The van der Waals surface area contributed by atoms with Gasteiger partial charge in [-0.05, 0) is 12.1 Å².